The van der Waals surface area contributed by atoms with Gasteiger partial charge in [-0.25, -0.2) is 8.42 Å². The van der Waals surface area contributed by atoms with Crippen molar-refractivity contribution in [3.05, 3.63) is 64.2 Å². The van der Waals surface area contributed by atoms with Gasteiger partial charge in [0, 0.05) is 25.2 Å². The number of amides is 2. The first-order valence-electron chi connectivity index (χ1n) is 9.73. The zero-order valence-corrected chi connectivity index (χ0v) is 18.0. The van der Waals surface area contributed by atoms with Crippen molar-refractivity contribution in [1.82, 2.24) is 10.2 Å². The molecule has 1 saturated heterocycles. The van der Waals surface area contributed by atoms with Crippen molar-refractivity contribution in [3.63, 3.8) is 0 Å². The highest BCUT2D eigenvalue weighted by atomic mass is 32.2. The molecule has 1 fully saturated rings. The van der Waals surface area contributed by atoms with Crippen LogP contribution in [0.3, 0.4) is 0 Å². The molecule has 3 rings (SSSR count). The number of nitrogens with zero attached hydrogens (tertiary/aromatic N) is 2. The number of ether oxygens (including phenoxy) is 1. The Morgan fingerprint density at radius 2 is 1.81 bits per heavy atom. The minimum Gasteiger partial charge on any atom is -0.378 e. The van der Waals surface area contributed by atoms with Gasteiger partial charge in [-0.2, -0.15) is 0 Å². The summed E-state index contributed by atoms with van der Waals surface area (Å²) in [4.78, 5) is 36.9. The molecule has 1 aliphatic rings. The molecular formula is C20H22N4O7S. The zero-order chi connectivity index (χ0) is 23.3. The molecule has 2 N–H and O–H groups in total. The van der Waals surface area contributed by atoms with Gasteiger partial charge in [-0.3, -0.25) is 24.4 Å². The summed E-state index contributed by atoms with van der Waals surface area (Å²) in [6, 6.07) is 9.61. The maximum absolute atomic E-state index is 12.8. The van der Waals surface area contributed by atoms with Gasteiger partial charge >= 0.3 is 0 Å². The highest BCUT2D eigenvalue weighted by Crippen LogP contribution is 2.23. The lowest BCUT2D eigenvalue weighted by molar-refractivity contribution is -0.385. The van der Waals surface area contributed by atoms with Crippen LogP contribution in [-0.4, -0.2) is 62.4 Å². The number of morpholine rings is 1. The Bertz CT molecular complexity index is 1130. The molecule has 1 atom stereocenters. The van der Waals surface area contributed by atoms with E-state index in [2.05, 4.69) is 10.0 Å². The van der Waals surface area contributed by atoms with Crippen LogP contribution in [0.2, 0.25) is 0 Å². The number of nitro benzene ring substituents is 1. The van der Waals surface area contributed by atoms with E-state index >= 15 is 0 Å². The first-order valence-corrected chi connectivity index (χ1v) is 11.2. The molecule has 0 radical (unpaired) electrons. The van der Waals surface area contributed by atoms with E-state index < -0.39 is 26.9 Å². The fraction of sp³-hybridized carbons (Fsp3) is 0.300. The molecule has 1 heterocycles. The van der Waals surface area contributed by atoms with Crippen LogP contribution in [0.1, 0.15) is 17.3 Å². The maximum atomic E-state index is 12.8. The van der Waals surface area contributed by atoms with Gasteiger partial charge in [-0.1, -0.05) is 18.2 Å². The van der Waals surface area contributed by atoms with Gasteiger partial charge in [0.05, 0.1) is 34.3 Å². The number of anilines is 1. The van der Waals surface area contributed by atoms with E-state index in [9.17, 15) is 28.1 Å². The summed E-state index contributed by atoms with van der Waals surface area (Å²) in [6.07, 6.45) is 0. The molecule has 0 saturated carbocycles. The molecule has 0 aliphatic carbocycles. The van der Waals surface area contributed by atoms with Gasteiger partial charge < -0.3 is 15.0 Å². The summed E-state index contributed by atoms with van der Waals surface area (Å²) < 4.78 is 33.0. The number of hydrogen-bond acceptors (Lipinski definition) is 7. The van der Waals surface area contributed by atoms with E-state index in [-0.39, 0.29) is 27.7 Å². The third-order valence-corrected chi connectivity index (χ3v) is 6.16. The Morgan fingerprint density at radius 3 is 2.50 bits per heavy atom. The Balaban J connectivity index is 1.78. The van der Waals surface area contributed by atoms with Crippen molar-refractivity contribution in [2.45, 2.75) is 17.9 Å². The van der Waals surface area contributed by atoms with E-state index in [0.29, 0.717) is 26.3 Å². The molecule has 11 nitrogen and oxygen atoms in total. The van der Waals surface area contributed by atoms with Crippen molar-refractivity contribution >= 4 is 33.2 Å². The molecular weight excluding hydrogens is 440 g/mol. The lowest BCUT2D eigenvalue weighted by Crippen LogP contribution is -2.50. The molecule has 0 bridgehead atoms. The summed E-state index contributed by atoms with van der Waals surface area (Å²) in [5.74, 6) is -0.909. The fourth-order valence-corrected chi connectivity index (χ4v) is 4.25. The third kappa shape index (κ3) is 5.39. The predicted molar refractivity (Wildman–Crippen MR) is 115 cm³/mol. The molecule has 1 unspecified atom stereocenters. The van der Waals surface area contributed by atoms with Gasteiger partial charge in [0.15, 0.2) is 0 Å². The molecule has 32 heavy (non-hydrogen) atoms. The average molecular weight is 462 g/mol. The molecule has 12 heteroatoms. The lowest BCUT2D eigenvalue weighted by atomic mass is 10.1. The van der Waals surface area contributed by atoms with Crippen molar-refractivity contribution in [2.75, 3.05) is 31.0 Å². The summed E-state index contributed by atoms with van der Waals surface area (Å²) >= 11 is 0. The standard InChI is InChI=1S/C20H22N4O7S/c1-14(20(26)23-9-11-31-12-10-23)21-19(25)17-7-2-3-8-18(17)22-32(29,30)16-6-4-5-15(13-16)24(27)28/h2-8,13-14,22H,9-12H2,1H3,(H,21,25). The number of carbonyl (C=O) groups is 2. The fourth-order valence-electron chi connectivity index (χ4n) is 3.13. The number of rotatable bonds is 7. The van der Waals surface area contributed by atoms with Crippen LogP contribution < -0.4 is 10.0 Å². The number of non-ortho nitro benzene ring substituents is 1. The van der Waals surface area contributed by atoms with Crippen molar-refractivity contribution in [3.8, 4) is 0 Å². The molecule has 2 amide bonds. The van der Waals surface area contributed by atoms with E-state index in [4.69, 9.17) is 4.74 Å². The van der Waals surface area contributed by atoms with Crippen molar-refractivity contribution < 1.29 is 27.7 Å². The highest BCUT2D eigenvalue weighted by molar-refractivity contribution is 7.92. The van der Waals surface area contributed by atoms with Gasteiger partial charge in [0.2, 0.25) is 5.91 Å². The van der Waals surface area contributed by atoms with Crippen LogP contribution in [0.5, 0.6) is 0 Å². The lowest BCUT2D eigenvalue weighted by Gasteiger charge is -2.29. The van der Waals surface area contributed by atoms with Gasteiger partial charge in [-0.05, 0) is 25.1 Å². The topological polar surface area (TPSA) is 148 Å². The van der Waals surface area contributed by atoms with Crippen LogP contribution >= 0.6 is 0 Å². The van der Waals surface area contributed by atoms with Crippen LogP contribution in [0, 0.1) is 10.1 Å². The number of sulfonamides is 1. The van der Waals surface area contributed by atoms with Crippen LogP contribution in [0.25, 0.3) is 0 Å². The second kappa shape index (κ2) is 9.75. The van der Waals surface area contributed by atoms with E-state index in [0.717, 1.165) is 6.07 Å². The molecule has 2 aromatic carbocycles. The summed E-state index contributed by atoms with van der Waals surface area (Å²) in [6.45, 7) is 3.26. The molecule has 2 aromatic rings. The second-order valence-corrected chi connectivity index (χ2v) is 8.72. The van der Waals surface area contributed by atoms with Gasteiger partial charge in [0.1, 0.15) is 6.04 Å². The first-order chi connectivity index (χ1) is 15.2. The summed E-state index contributed by atoms with van der Waals surface area (Å²) in [5, 5.41) is 13.5. The number of benzene rings is 2. The van der Waals surface area contributed by atoms with Gasteiger partial charge in [-0.15, -0.1) is 0 Å². The van der Waals surface area contributed by atoms with Gasteiger partial charge in [0.25, 0.3) is 21.6 Å². The van der Waals surface area contributed by atoms with E-state index in [1.54, 1.807) is 17.9 Å². The highest BCUT2D eigenvalue weighted by Gasteiger charge is 2.26. The van der Waals surface area contributed by atoms with Crippen LogP contribution in [0.4, 0.5) is 11.4 Å². The molecule has 0 spiro atoms. The number of nitro groups is 1. The number of hydrogen-bond donors (Lipinski definition) is 2. The Kier molecular flexibility index (Phi) is 7.05. The first kappa shape index (κ1) is 23.2. The van der Waals surface area contributed by atoms with Crippen molar-refractivity contribution in [1.29, 1.82) is 0 Å². The largest absolute Gasteiger partial charge is 0.378 e. The maximum Gasteiger partial charge on any atom is 0.270 e. The third-order valence-electron chi connectivity index (χ3n) is 4.80. The summed E-state index contributed by atoms with van der Waals surface area (Å²) in [5.41, 5.74) is -0.403. The van der Waals surface area contributed by atoms with Crippen molar-refractivity contribution in [2.24, 2.45) is 0 Å². The zero-order valence-electron chi connectivity index (χ0n) is 17.2. The quantitative estimate of drug-likeness (QED) is 0.466. The Hall–Kier alpha value is -3.51. The Labute approximate surface area is 184 Å². The van der Waals surface area contributed by atoms with E-state index in [1.165, 1.54) is 36.4 Å². The number of nitrogens with one attached hydrogen (secondary N) is 2. The Morgan fingerprint density at radius 1 is 1.12 bits per heavy atom. The van der Waals surface area contributed by atoms with Crippen LogP contribution in [-0.2, 0) is 19.6 Å². The second-order valence-electron chi connectivity index (χ2n) is 7.04. The average Bonchev–Trinajstić information content (AvgIpc) is 2.79. The number of carbonyl (C=O) groups excluding carboxylic acids is 2. The molecule has 170 valence electrons. The minimum atomic E-state index is -4.21. The number of para-hydroxylation sites is 1. The monoisotopic (exact) mass is 462 g/mol. The van der Waals surface area contributed by atoms with Crippen LogP contribution in [0.15, 0.2) is 53.4 Å². The van der Waals surface area contributed by atoms with E-state index in [1.807, 2.05) is 0 Å². The summed E-state index contributed by atoms with van der Waals surface area (Å²) in [7, 11) is -4.21. The predicted octanol–water partition coefficient (Wildman–Crippen LogP) is 1.37. The smallest absolute Gasteiger partial charge is 0.270 e. The normalized spacial score (nSPS) is 15.0. The molecule has 0 aromatic heterocycles. The minimum absolute atomic E-state index is 0.00290. The SMILES string of the molecule is CC(NC(=O)c1ccccc1NS(=O)(=O)c1cccc([N+](=O)[O-])c1)C(=O)N1CCOCC1. The molecule has 1 aliphatic heterocycles.